The van der Waals surface area contributed by atoms with Crippen molar-refractivity contribution in [1.29, 1.82) is 0 Å². The number of benzene rings is 2. The van der Waals surface area contributed by atoms with Crippen molar-refractivity contribution >= 4 is 23.2 Å². The predicted octanol–water partition coefficient (Wildman–Crippen LogP) is -0.475. The Kier molecular flexibility index (Phi) is 6.11. The Labute approximate surface area is 176 Å². The van der Waals surface area contributed by atoms with Crippen LogP contribution in [0.5, 0.6) is 0 Å². The van der Waals surface area contributed by atoms with Crippen molar-refractivity contribution in [2.24, 2.45) is 0 Å². The maximum absolute atomic E-state index is 13.3. The normalized spacial score (nSPS) is 21.7. The van der Waals surface area contributed by atoms with E-state index in [2.05, 4.69) is 11.4 Å². The quantitative estimate of drug-likeness (QED) is 0.622. The molecule has 0 spiro atoms. The lowest BCUT2D eigenvalue weighted by atomic mass is 10.1. The molecule has 158 valence electrons. The molecule has 0 unspecified atom stereocenters. The number of hydrogen-bond acceptors (Lipinski definition) is 2. The van der Waals surface area contributed by atoms with Crippen LogP contribution in [0.2, 0.25) is 0 Å². The molecule has 6 nitrogen and oxygen atoms in total. The minimum atomic E-state index is -0.364. The zero-order chi connectivity index (χ0) is 21.1. The van der Waals surface area contributed by atoms with Gasteiger partial charge in [-0.15, -0.1) is 0 Å². The van der Waals surface area contributed by atoms with Crippen LogP contribution in [0.25, 0.3) is 0 Å². The first kappa shape index (κ1) is 20.5. The lowest BCUT2D eigenvalue weighted by Crippen LogP contribution is -3.30. The minimum absolute atomic E-state index is 0.0983. The van der Waals surface area contributed by atoms with E-state index < -0.39 is 0 Å². The number of quaternary nitrogens is 2. The van der Waals surface area contributed by atoms with Gasteiger partial charge in [0.1, 0.15) is 32.0 Å². The zero-order valence-corrected chi connectivity index (χ0v) is 17.3. The number of piperazine rings is 1. The molecule has 2 heterocycles. The Hall–Kier alpha value is -2.77. The molecule has 0 saturated carbocycles. The molecule has 2 aromatic rings. The van der Waals surface area contributed by atoms with Crippen LogP contribution in [0.3, 0.4) is 0 Å². The molecule has 4 rings (SSSR count). The highest BCUT2D eigenvalue weighted by molar-refractivity contribution is 5.98. The van der Waals surface area contributed by atoms with Gasteiger partial charge in [0.25, 0.3) is 11.8 Å². The molecule has 0 radical (unpaired) electrons. The van der Waals surface area contributed by atoms with Crippen molar-refractivity contribution in [2.75, 3.05) is 49.5 Å². The summed E-state index contributed by atoms with van der Waals surface area (Å²) in [4.78, 5) is 29.8. The van der Waals surface area contributed by atoms with E-state index in [0.29, 0.717) is 12.2 Å². The van der Waals surface area contributed by atoms with Crippen molar-refractivity contribution in [3.8, 4) is 0 Å². The van der Waals surface area contributed by atoms with Gasteiger partial charge in [-0.05, 0) is 43.2 Å². The highest BCUT2D eigenvalue weighted by Gasteiger charge is 2.36. The fourth-order valence-corrected chi connectivity index (χ4v) is 4.51. The molecule has 7 heteroatoms. The average molecular weight is 413 g/mol. The molecule has 1 fully saturated rings. The van der Waals surface area contributed by atoms with Crippen LogP contribution in [0.1, 0.15) is 12.5 Å². The standard InChI is InChI=1S/C23H27FN4O2/c1-17(23(30)28-10-9-18-5-2-3-8-21(18)28)27-13-11-26(12-14-27)16-22(29)25-20-7-4-6-19(24)15-20/h2-8,15,17H,9-14,16H2,1H3,(H,25,29)/p+2/t17-/m0/s1. The topological polar surface area (TPSA) is 58.3 Å². The second kappa shape index (κ2) is 8.93. The second-order valence-corrected chi connectivity index (χ2v) is 8.23. The van der Waals surface area contributed by atoms with Crippen LogP contribution in [0.4, 0.5) is 15.8 Å². The summed E-state index contributed by atoms with van der Waals surface area (Å²) in [7, 11) is 0. The van der Waals surface area contributed by atoms with E-state index >= 15 is 0 Å². The number of anilines is 2. The van der Waals surface area contributed by atoms with Gasteiger partial charge in [0, 0.05) is 17.9 Å². The first-order valence-corrected chi connectivity index (χ1v) is 10.6. The van der Waals surface area contributed by atoms with Gasteiger partial charge < -0.3 is 20.0 Å². The third kappa shape index (κ3) is 4.52. The van der Waals surface area contributed by atoms with Crippen LogP contribution < -0.4 is 20.0 Å². The molecule has 0 aromatic heterocycles. The third-order valence-corrected chi connectivity index (χ3v) is 6.25. The molecule has 2 aromatic carbocycles. The van der Waals surface area contributed by atoms with Gasteiger partial charge in [0.15, 0.2) is 12.6 Å². The Morgan fingerprint density at radius 2 is 1.87 bits per heavy atom. The predicted molar refractivity (Wildman–Crippen MR) is 113 cm³/mol. The summed E-state index contributed by atoms with van der Waals surface area (Å²) < 4.78 is 13.3. The van der Waals surface area contributed by atoms with Crippen LogP contribution >= 0.6 is 0 Å². The number of amides is 2. The SMILES string of the molecule is C[C@@H](C(=O)N1CCc2ccccc21)[NH+]1CC[NH+](CC(=O)Nc2cccc(F)c2)CC1. The molecule has 2 aliphatic heterocycles. The average Bonchev–Trinajstić information content (AvgIpc) is 3.17. The summed E-state index contributed by atoms with van der Waals surface area (Å²) in [5.74, 6) is -0.296. The van der Waals surface area contributed by atoms with Crippen molar-refractivity contribution in [3.05, 3.63) is 59.9 Å². The van der Waals surface area contributed by atoms with E-state index in [1.165, 1.54) is 27.5 Å². The Bertz CT molecular complexity index is 927. The van der Waals surface area contributed by atoms with Gasteiger partial charge in [0.05, 0.1) is 0 Å². The fraction of sp³-hybridized carbons (Fsp3) is 0.391. The van der Waals surface area contributed by atoms with E-state index in [-0.39, 0.29) is 23.7 Å². The van der Waals surface area contributed by atoms with E-state index in [1.54, 1.807) is 12.1 Å². The van der Waals surface area contributed by atoms with Gasteiger partial charge in [-0.1, -0.05) is 24.3 Å². The molecule has 2 amide bonds. The smallest absolute Gasteiger partial charge is 0.284 e. The lowest BCUT2D eigenvalue weighted by molar-refractivity contribution is -1.01. The summed E-state index contributed by atoms with van der Waals surface area (Å²) in [6, 6.07) is 14.0. The largest absolute Gasteiger partial charge is 0.321 e. The Balaban J connectivity index is 1.27. The van der Waals surface area contributed by atoms with Crippen LogP contribution in [0, 0.1) is 5.82 Å². The maximum atomic E-state index is 13.3. The summed E-state index contributed by atoms with van der Waals surface area (Å²) in [5.41, 5.74) is 2.77. The molecule has 0 aliphatic carbocycles. The monoisotopic (exact) mass is 412 g/mol. The molecule has 1 atom stereocenters. The molecule has 2 aliphatic rings. The Morgan fingerprint density at radius 1 is 1.10 bits per heavy atom. The number of nitrogens with zero attached hydrogens (tertiary/aromatic N) is 1. The molecular weight excluding hydrogens is 383 g/mol. The number of nitrogens with one attached hydrogen (secondary N) is 3. The molecular formula is C23H29FN4O2+2. The van der Waals surface area contributed by atoms with E-state index in [4.69, 9.17) is 0 Å². The summed E-state index contributed by atoms with van der Waals surface area (Å²) in [6.45, 7) is 6.50. The molecule has 30 heavy (non-hydrogen) atoms. The van der Waals surface area contributed by atoms with Gasteiger partial charge in [-0.2, -0.15) is 0 Å². The molecule has 1 saturated heterocycles. The van der Waals surface area contributed by atoms with Gasteiger partial charge >= 0.3 is 0 Å². The van der Waals surface area contributed by atoms with Crippen LogP contribution in [0.15, 0.2) is 48.5 Å². The van der Waals surface area contributed by atoms with Crippen molar-refractivity contribution in [1.82, 2.24) is 0 Å². The maximum Gasteiger partial charge on any atom is 0.284 e. The first-order valence-electron chi connectivity index (χ1n) is 10.6. The van der Waals surface area contributed by atoms with Crippen LogP contribution in [-0.4, -0.2) is 57.1 Å². The van der Waals surface area contributed by atoms with Gasteiger partial charge in [-0.3, -0.25) is 9.59 Å². The number of rotatable bonds is 5. The Morgan fingerprint density at radius 3 is 2.63 bits per heavy atom. The third-order valence-electron chi connectivity index (χ3n) is 6.25. The fourth-order valence-electron chi connectivity index (χ4n) is 4.51. The van der Waals surface area contributed by atoms with Crippen molar-refractivity contribution in [3.63, 3.8) is 0 Å². The van der Waals surface area contributed by atoms with Crippen molar-refractivity contribution < 1.29 is 23.8 Å². The van der Waals surface area contributed by atoms with Crippen molar-refractivity contribution in [2.45, 2.75) is 19.4 Å². The van der Waals surface area contributed by atoms with Gasteiger partial charge in [0.2, 0.25) is 0 Å². The number of carbonyl (C=O) groups excluding carboxylic acids is 2. The minimum Gasteiger partial charge on any atom is -0.321 e. The van der Waals surface area contributed by atoms with E-state index in [0.717, 1.165) is 44.8 Å². The number of hydrogen-bond donors (Lipinski definition) is 3. The van der Waals surface area contributed by atoms with Crippen LogP contribution in [-0.2, 0) is 16.0 Å². The highest BCUT2D eigenvalue weighted by atomic mass is 19.1. The number of fused-ring (bicyclic) bond motifs is 1. The molecule has 3 N–H and O–H groups in total. The second-order valence-electron chi connectivity index (χ2n) is 8.23. The number of carbonyl (C=O) groups is 2. The molecule has 0 bridgehead atoms. The van der Waals surface area contributed by atoms with E-state index in [1.807, 2.05) is 30.0 Å². The first-order chi connectivity index (χ1) is 14.5. The number of halogens is 1. The number of para-hydroxylation sites is 1. The van der Waals surface area contributed by atoms with Gasteiger partial charge in [-0.25, -0.2) is 4.39 Å². The summed E-state index contributed by atoms with van der Waals surface area (Å²) >= 11 is 0. The summed E-state index contributed by atoms with van der Waals surface area (Å²) in [6.07, 6.45) is 0.919. The lowest BCUT2D eigenvalue weighted by Gasteiger charge is -2.33. The summed E-state index contributed by atoms with van der Waals surface area (Å²) in [5, 5.41) is 2.76. The van der Waals surface area contributed by atoms with E-state index in [9.17, 15) is 14.0 Å². The highest BCUT2D eigenvalue weighted by Crippen LogP contribution is 2.27. The zero-order valence-electron chi connectivity index (χ0n) is 17.3.